The normalized spacial score (nSPS) is 11.1. The number of carbonyl (C=O) groups is 3. The first-order valence-electron chi connectivity index (χ1n) is 11.2. The average Bonchev–Trinajstić information content (AvgIpc) is 2.77. The van der Waals surface area contributed by atoms with Gasteiger partial charge in [0.2, 0.25) is 5.91 Å². The van der Waals surface area contributed by atoms with Gasteiger partial charge in [0.15, 0.2) is 5.78 Å². The van der Waals surface area contributed by atoms with E-state index >= 15 is 0 Å². The van der Waals surface area contributed by atoms with E-state index in [9.17, 15) is 24.5 Å². The summed E-state index contributed by atoms with van der Waals surface area (Å²) in [6.07, 6.45) is 2.52. The van der Waals surface area contributed by atoms with Gasteiger partial charge >= 0.3 is 0 Å². The number of methoxy groups -OCH3 is 1. The number of rotatable bonds is 16. The lowest BCUT2D eigenvalue weighted by Crippen LogP contribution is -2.36. The quantitative estimate of drug-likeness (QED) is 0.119. The van der Waals surface area contributed by atoms with E-state index < -0.39 is 5.09 Å². The molecule has 0 saturated carbocycles. The molecule has 0 radical (unpaired) electrons. The summed E-state index contributed by atoms with van der Waals surface area (Å²) in [6.45, 7) is 8.55. The Balaban J connectivity index is 0.00000102. The third-order valence-electron chi connectivity index (χ3n) is 4.29. The maximum Gasteiger partial charge on any atom is 0.294 e. The van der Waals surface area contributed by atoms with Crippen molar-refractivity contribution in [1.29, 1.82) is 0 Å². The zero-order valence-electron chi connectivity index (χ0n) is 20.6. The molecule has 11 nitrogen and oxygen atoms in total. The van der Waals surface area contributed by atoms with Gasteiger partial charge in [0, 0.05) is 38.2 Å². The van der Waals surface area contributed by atoms with Crippen molar-refractivity contribution in [2.75, 3.05) is 32.2 Å². The molecule has 2 N–H and O–H groups in total. The van der Waals surface area contributed by atoms with E-state index in [2.05, 4.69) is 29.3 Å². The number of nitrogens with zero attached hydrogens (tertiary/aromatic N) is 1. The number of ketones is 1. The third kappa shape index (κ3) is 14.9. The predicted molar refractivity (Wildman–Crippen MR) is 128 cm³/mol. The van der Waals surface area contributed by atoms with Crippen molar-refractivity contribution < 1.29 is 33.8 Å². The van der Waals surface area contributed by atoms with Crippen molar-refractivity contribution in [3.8, 4) is 5.75 Å². The highest BCUT2D eigenvalue weighted by atomic mass is 16.9. The highest BCUT2D eigenvalue weighted by molar-refractivity contribution is 5.99. The van der Waals surface area contributed by atoms with Crippen LogP contribution in [0.5, 0.6) is 5.75 Å². The molecule has 0 aromatic heterocycles. The van der Waals surface area contributed by atoms with Crippen LogP contribution in [0.15, 0.2) is 18.2 Å². The number of ether oxygens (including phenoxy) is 2. The summed E-state index contributed by atoms with van der Waals surface area (Å²) in [5.41, 5.74) is 1.04. The highest BCUT2D eigenvalue weighted by Crippen LogP contribution is 2.24. The smallest absolute Gasteiger partial charge is 0.294 e. The van der Waals surface area contributed by atoms with Crippen LogP contribution in [-0.2, 0) is 19.2 Å². The van der Waals surface area contributed by atoms with Gasteiger partial charge in [-0.1, -0.05) is 20.8 Å². The minimum Gasteiger partial charge on any atom is -0.490 e. The van der Waals surface area contributed by atoms with Crippen LogP contribution in [0.4, 0.5) is 5.69 Å². The number of nitrogens with one attached hydrogen (secondary N) is 2. The van der Waals surface area contributed by atoms with Gasteiger partial charge in [-0.2, -0.15) is 0 Å². The first-order chi connectivity index (χ1) is 16.1. The lowest BCUT2D eigenvalue weighted by atomic mass is 10.1. The van der Waals surface area contributed by atoms with Gasteiger partial charge in [-0.3, -0.25) is 9.59 Å². The Bertz CT molecular complexity index is 771. The first-order valence-corrected chi connectivity index (χ1v) is 11.2. The molecule has 1 amide bonds. The monoisotopic (exact) mass is 483 g/mol. The molecule has 0 aliphatic rings. The Morgan fingerprint density at radius 3 is 2.50 bits per heavy atom. The number of hydrogen-bond acceptors (Lipinski definition) is 9. The van der Waals surface area contributed by atoms with Crippen LogP contribution in [0, 0.1) is 10.1 Å². The minimum absolute atomic E-state index is 0.00569. The lowest BCUT2D eigenvalue weighted by molar-refractivity contribution is -0.757. The zero-order valence-corrected chi connectivity index (χ0v) is 20.6. The van der Waals surface area contributed by atoms with E-state index in [0.29, 0.717) is 61.7 Å². The molecule has 0 saturated heterocycles. The van der Waals surface area contributed by atoms with E-state index in [1.165, 1.54) is 6.92 Å². The molecule has 0 spiro atoms. The standard InChI is InChI=1S/C19H30N2O4.C4H7NO4/c1-6-7-19(23)21-15-8-9-18(17(10-15)14(4)22)25-12-16(24-5)11-20-13(2)3;6-3-1-2-4-9-5(7)8/h8-10,13,16,20H,6-7,11-12H2,1-5H3,(H,21,23);3H,1-2,4H2. The summed E-state index contributed by atoms with van der Waals surface area (Å²) in [5, 5.41) is 14.7. The molecule has 1 aromatic carbocycles. The summed E-state index contributed by atoms with van der Waals surface area (Å²) in [7, 11) is 1.63. The summed E-state index contributed by atoms with van der Waals surface area (Å²) >= 11 is 0. The van der Waals surface area contributed by atoms with Crippen molar-refractivity contribution >= 4 is 23.7 Å². The SMILES string of the molecule is CCCC(=O)Nc1ccc(OCC(CNC(C)C)OC)c(C(C)=O)c1.O=CCCCO[N+](=O)[O-]. The largest absolute Gasteiger partial charge is 0.490 e. The van der Waals surface area contributed by atoms with Gasteiger partial charge in [-0.05, 0) is 38.0 Å². The molecule has 0 fully saturated rings. The van der Waals surface area contributed by atoms with Crippen LogP contribution in [0.3, 0.4) is 0 Å². The summed E-state index contributed by atoms with van der Waals surface area (Å²) in [6, 6.07) is 5.46. The van der Waals surface area contributed by atoms with Crippen LogP contribution in [0.1, 0.15) is 63.7 Å². The van der Waals surface area contributed by atoms with Gasteiger partial charge in [0.05, 0.1) is 12.2 Å². The van der Waals surface area contributed by atoms with Gasteiger partial charge < -0.3 is 29.7 Å². The Morgan fingerprint density at radius 2 is 1.97 bits per heavy atom. The number of aldehydes is 1. The van der Waals surface area contributed by atoms with Gasteiger partial charge in [0.25, 0.3) is 5.09 Å². The number of Topliss-reactive ketones (excluding diaryl/α,β-unsaturated/α-hetero) is 1. The molecule has 34 heavy (non-hydrogen) atoms. The number of carbonyl (C=O) groups excluding carboxylic acids is 3. The van der Waals surface area contributed by atoms with Gasteiger partial charge in [-0.25, -0.2) is 0 Å². The van der Waals surface area contributed by atoms with Crippen molar-refractivity contribution in [3.05, 3.63) is 33.9 Å². The zero-order chi connectivity index (χ0) is 25.9. The number of anilines is 1. The van der Waals surface area contributed by atoms with Crippen molar-refractivity contribution in [1.82, 2.24) is 5.32 Å². The van der Waals surface area contributed by atoms with Gasteiger partial charge in [0.1, 0.15) is 24.7 Å². The molecule has 0 aliphatic carbocycles. The molecule has 1 unspecified atom stereocenters. The first kappa shape index (κ1) is 30.9. The van der Waals surface area contributed by atoms with Crippen molar-refractivity contribution in [2.24, 2.45) is 0 Å². The third-order valence-corrected chi connectivity index (χ3v) is 4.29. The molecular formula is C23H37N3O8. The van der Waals surface area contributed by atoms with Crippen LogP contribution in [0.25, 0.3) is 0 Å². The van der Waals surface area contributed by atoms with Crippen LogP contribution < -0.4 is 15.4 Å². The molecule has 1 atom stereocenters. The van der Waals surface area contributed by atoms with E-state index in [0.717, 1.165) is 6.42 Å². The lowest BCUT2D eigenvalue weighted by Gasteiger charge is -2.19. The fourth-order valence-corrected chi connectivity index (χ4v) is 2.53. The minimum atomic E-state index is -0.870. The molecular weight excluding hydrogens is 446 g/mol. The van der Waals surface area contributed by atoms with E-state index in [4.69, 9.17) is 9.47 Å². The average molecular weight is 484 g/mol. The Morgan fingerprint density at radius 1 is 1.26 bits per heavy atom. The van der Waals surface area contributed by atoms with E-state index in [-0.39, 0.29) is 24.4 Å². The number of hydrogen-bond donors (Lipinski definition) is 2. The Hall–Kier alpha value is -3.05. The van der Waals surface area contributed by atoms with Gasteiger partial charge in [-0.15, -0.1) is 10.1 Å². The van der Waals surface area contributed by atoms with Crippen LogP contribution in [-0.4, -0.2) is 62.1 Å². The second-order valence-corrected chi connectivity index (χ2v) is 7.66. The molecule has 1 rings (SSSR count). The number of unbranched alkanes of at least 4 members (excludes halogenated alkanes) is 1. The molecule has 11 heteroatoms. The summed E-state index contributed by atoms with van der Waals surface area (Å²) in [4.78, 5) is 46.6. The predicted octanol–water partition coefficient (Wildman–Crippen LogP) is 3.19. The number of benzene rings is 1. The molecule has 0 bridgehead atoms. The molecule has 0 heterocycles. The fraction of sp³-hybridized carbons (Fsp3) is 0.609. The van der Waals surface area contributed by atoms with Crippen molar-refractivity contribution in [3.63, 3.8) is 0 Å². The topological polar surface area (TPSA) is 146 Å². The molecule has 1 aromatic rings. The van der Waals surface area contributed by atoms with Crippen LogP contribution >= 0.6 is 0 Å². The summed E-state index contributed by atoms with van der Waals surface area (Å²) < 4.78 is 11.2. The second-order valence-electron chi connectivity index (χ2n) is 7.66. The highest BCUT2D eigenvalue weighted by Gasteiger charge is 2.14. The fourth-order valence-electron chi connectivity index (χ4n) is 2.53. The van der Waals surface area contributed by atoms with E-state index in [1.807, 2.05) is 6.92 Å². The second kappa shape index (κ2) is 18.4. The Labute approximate surface area is 200 Å². The summed E-state index contributed by atoms with van der Waals surface area (Å²) in [5.74, 6) is 0.313. The van der Waals surface area contributed by atoms with E-state index in [1.54, 1.807) is 25.3 Å². The Kier molecular flexibility index (Phi) is 16.7. The van der Waals surface area contributed by atoms with Crippen LogP contribution in [0.2, 0.25) is 0 Å². The van der Waals surface area contributed by atoms with Crippen molar-refractivity contribution in [2.45, 2.75) is 65.5 Å². The maximum absolute atomic E-state index is 11.9. The number of amides is 1. The molecule has 0 aliphatic heterocycles. The maximum atomic E-state index is 11.9. The molecule has 192 valence electrons.